The topological polar surface area (TPSA) is 72.2 Å². The molecule has 2 rings (SSSR count). The van der Waals surface area contributed by atoms with E-state index in [1.165, 1.54) is 0 Å². The number of benzene rings is 1. The van der Waals surface area contributed by atoms with Gasteiger partial charge in [-0.25, -0.2) is 8.42 Å². The quantitative estimate of drug-likeness (QED) is 0.854. The van der Waals surface area contributed by atoms with Gasteiger partial charge in [-0.1, -0.05) is 0 Å². The van der Waals surface area contributed by atoms with E-state index < -0.39 is 15.1 Å². The van der Waals surface area contributed by atoms with E-state index in [1.807, 2.05) is 26.8 Å². The molecule has 0 bridgehead atoms. The van der Waals surface area contributed by atoms with E-state index in [0.717, 1.165) is 16.8 Å². The first-order valence-electron chi connectivity index (χ1n) is 6.19. The summed E-state index contributed by atoms with van der Waals surface area (Å²) in [5, 5.41) is 2.85. The molecule has 0 fully saturated rings. The number of aryl methyl sites for hydroxylation is 2. The smallest absolute Gasteiger partial charge is 0.185 e. The lowest BCUT2D eigenvalue weighted by Crippen LogP contribution is -2.43. The fraction of sp³-hybridized carbons (Fsp3) is 0.538. The van der Waals surface area contributed by atoms with Crippen LogP contribution in [0.1, 0.15) is 24.5 Å². The Hall–Kier alpha value is -1.07. The summed E-state index contributed by atoms with van der Waals surface area (Å²) in [6, 6.07) is 3.58. The van der Waals surface area contributed by atoms with Crippen molar-refractivity contribution in [2.45, 2.75) is 43.4 Å². The number of nitrogens with one attached hydrogen (secondary N) is 1. The van der Waals surface area contributed by atoms with Crippen molar-refractivity contribution in [1.82, 2.24) is 0 Å². The lowest BCUT2D eigenvalue weighted by atomic mass is 10.1. The molecular weight excluding hydrogens is 248 g/mol. The van der Waals surface area contributed by atoms with Crippen LogP contribution in [0.3, 0.4) is 0 Å². The van der Waals surface area contributed by atoms with Gasteiger partial charge in [0.2, 0.25) is 0 Å². The third-order valence-corrected chi connectivity index (χ3v) is 6.08. The van der Waals surface area contributed by atoms with Crippen LogP contribution < -0.4 is 11.1 Å². The number of fused-ring (bicyclic) bond motifs is 1. The monoisotopic (exact) mass is 268 g/mol. The highest BCUT2D eigenvalue weighted by Gasteiger charge is 2.38. The second-order valence-corrected chi connectivity index (χ2v) is 7.16. The summed E-state index contributed by atoms with van der Waals surface area (Å²) in [5.41, 5.74) is 8.34. The number of anilines is 1. The molecular formula is C13H20N2O2S. The largest absolute Gasteiger partial charge is 0.380 e. The van der Waals surface area contributed by atoms with E-state index in [4.69, 9.17) is 5.73 Å². The van der Waals surface area contributed by atoms with Gasteiger partial charge in [0, 0.05) is 6.04 Å². The molecule has 1 aliphatic rings. The normalized spacial score (nSPS) is 25.3. The lowest BCUT2D eigenvalue weighted by Gasteiger charge is -2.32. The zero-order valence-electron chi connectivity index (χ0n) is 11.0. The molecule has 1 aromatic rings. The molecule has 0 aromatic heterocycles. The first-order chi connectivity index (χ1) is 8.37. The predicted octanol–water partition coefficient (Wildman–Crippen LogP) is 1.61. The van der Waals surface area contributed by atoms with Crippen molar-refractivity contribution in [2.24, 2.45) is 5.73 Å². The Kier molecular flexibility index (Phi) is 3.38. The average Bonchev–Trinajstić information content (AvgIpc) is 2.28. The van der Waals surface area contributed by atoms with Gasteiger partial charge in [0.15, 0.2) is 9.84 Å². The van der Waals surface area contributed by atoms with Gasteiger partial charge in [0.25, 0.3) is 0 Å². The van der Waals surface area contributed by atoms with Crippen LogP contribution in [-0.4, -0.2) is 26.3 Å². The summed E-state index contributed by atoms with van der Waals surface area (Å²) < 4.78 is 25.1. The van der Waals surface area contributed by atoms with Gasteiger partial charge in [-0.2, -0.15) is 0 Å². The second kappa shape index (κ2) is 4.55. The van der Waals surface area contributed by atoms with Gasteiger partial charge in [-0.05, 0) is 57.0 Å². The Bertz CT molecular complexity index is 567. The Morgan fingerprint density at radius 1 is 1.28 bits per heavy atom. The minimum atomic E-state index is -3.28. The summed E-state index contributed by atoms with van der Waals surface area (Å²) in [7, 11) is -3.28. The molecule has 2 unspecified atom stereocenters. The highest BCUT2D eigenvalue weighted by atomic mass is 32.2. The molecule has 2 atom stereocenters. The Morgan fingerprint density at radius 2 is 1.89 bits per heavy atom. The molecule has 0 radical (unpaired) electrons. The zero-order valence-corrected chi connectivity index (χ0v) is 11.8. The Labute approximate surface area is 108 Å². The number of sulfone groups is 1. The van der Waals surface area contributed by atoms with Crippen LogP contribution in [0.25, 0.3) is 0 Å². The maximum absolute atomic E-state index is 12.6. The summed E-state index contributed by atoms with van der Waals surface area (Å²) in [6.07, 6.45) is 0.489. The molecule has 0 spiro atoms. The fourth-order valence-electron chi connectivity index (χ4n) is 2.48. The maximum Gasteiger partial charge on any atom is 0.185 e. The van der Waals surface area contributed by atoms with Crippen molar-refractivity contribution >= 4 is 15.5 Å². The van der Waals surface area contributed by atoms with Crippen LogP contribution >= 0.6 is 0 Å². The standard InChI is InChI=1S/C13H20N2O2S/c1-8-6-11-13(7-9(8)2)18(16,17)12(4-5-14)10(3)15-11/h6-7,10,12,15H,4-5,14H2,1-3H3. The zero-order chi connectivity index (χ0) is 13.5. The minimum Gasteiger partial charge on any atom is -0.380 e. The summed E-state index contributed by atoms with van der Waals surface area (Å²) in [4.78, 5) is 0.419. The molecule has 1 heterocycles. The van der Waals surface area contributed by atoms with E-state index in [9.17, 15) is 8.42 Å². The fourth-order valence-corrected chi connectivity index (χ4v) is 4.62. The van der Waals surface area contributed by atoms with Crippen LogP contribution in [0.2, 0.25) is 0 Å². The molecule has 1 aromatic carbocycles. The number of nitrogens with two attached hydrogens (primary N) is 1. The highest BCUT2D eigenvalue weighted by Crippen LogP contribution is 2.35. The van der Waals surface area contributed by atoms with Crippen LogP contribution in [0, 0.1) is 13.8 Å². The maximum atomic E-state index is 12.6. The van der Waals surface area contributed by atoms with Gasteiger partial charge < -0.3 is 11.1 Å². The average molecular weight is 268 g/mol. The molecule has 3 N–H and O–H groups in total. The van der Waals surface area contributed by atoms with Gasteiger partial charge >= 0.3 is 0 Å². The van der Waals surface area contributed by atoms with Crippen molar-refractivity contribution in [1.29, 1.82) is 0 Å². The van der Waals surface area contributed by atoms with E-state index in [1.54, 1.807) is 6.07 Å². The third-order valence-electron chi connectivity index (χ3n) is 3.69. The van der Waals surface area contributed by atoms with Crippen molar-refractivity contribution in [3.63, 3.8) is 0 Å². The van der Waals surface area contributed by atoms with E-state index in [2.05, 4.69) is 5.32 Å². The molecule has 0 saturated carbocycles. The molecule has 1 aliphatic heterocycles. The van der Waals surface area contributed by atoms with E-state index in [0.29, 0.717) is 17.9 Å². The predicted molar refractivity (Wildman–Crippen MR) is 73.6 cm³/mol. The van der Waals surface area contributed by atoms with Crippen molar-refractivity contribution in [2.75, 3.05) is 11.9 Å². The van der Waals surface area contributed by atoms with E-state index in [-0.39, 0.29) is 6.04 Å². The third kappa shape index (κ3) is 2.01. The number of hydrogen-bond donors (Lipinski definition) is 2. The summed E-state index contributed by atoms with van der Waals surface area (Å²) >= 11 is 0. The summed E-state index contributed by atoms with van der Waals surface area (Å²) in [5.74, 6) is 0. The first kappa shape index (κ1) is 13.4. The number of hydrogen-bond acceptors (Lipinski definition) is 4. The summed E-state index contributed by atoms with van der Waals surface area (Å²) in [6.45, 7) is 6.20. The van der Waals surface area contributed by atoms with Gasteiger partial charge in [0.05, 0.1) is 15.8 Å². The Balaban J connectivity index is 2.59. The SMILES string of the molecule is Cc1cc2c(cc1C)S(=O)(=O)C(CCN)C(C)N2. The van der Waals surface area contributed by atoms with Gasteiger partial charge in [-0.15, -0.1) is 0 Å². The second-order valence-electron chi connectivity index (χ2n) is 5.03. The Morgan fingerprint density at radius 3 is 2.50 bits per heavy atom. The minimum absolute atomic E-state index is 0.104. The highest BCUT2D eigenvalue weighted by molar-refractivity contribution is 7.92. The van der Waals surface area contributed by atoms with Crippen molar-refractivity contribution < 1.29 is 8.42 Å². The molecule has 18 heavy (non-hydrogen) atoms. The molecule has 4 nitrogen and oxygen atoms in total. The molecule has 5 heteroatoms. The molecule has 100 valence electrons. The van der Waals surface area contributed by atoms with Gasteiger partial charge in [-0.3, -0.25) is 0 Å². The molecule has 0 saturated heterocycles. The van der Waals surface area contributed by atoms with Crippen LogP contribution in [0.5, 0.6) is 0 Å². The van der Waals surface area contributed by atoms with Crippen LogP contribution in [-0.2, 0) is 9.84 Å². The van der Waals surface area contributed by atoms with Crippen molar-refractivity contribution in [3.05, 3.63) is 23.3 Å². The van der Waals surface area contributed by atoms with E-state index >= 15 is 0 Å². The molecule has 0 aliphatic carbocycles. The van der Waals surface area contributed by atoms with Crippen LogP contribution in [0.4, 0.5) is 5.69 Å². The van der Waals surface area contributed by atoms with Crippen molar-refractivity contribution in [3.8, 4) is 0 Å². The molecule has 0 amide bonds. The van der Waals surface area contributed by atoms with Gasteiger partial charge in [0.1, 0.15) is 0 Å². The number of rotatable bonds is 2. The lowest BCUT2D eigenvalue weighted by molar-refractivity contribution is 0.548. The van der Waals surface area contributed by atoms with Crippen LogP contribution in [0.15, 0.2) is 17.0 Å². The first-order valence-corrected chi connectivity index (χ1v) is 7.74.